The van der Waals surface area contributed by atoms with Crippen molar-refractivity contribution in [2.45, 2.75) is 81.4 Å². The van der Waals surface area contributed by atoms with Gasteiger partial charge in [-0.15, -0.1) is 0 Å². The van der Waals surface area contributed by atoms with Crippen LogP contribution in [0.3, 0.4) is 0 Å². The van der Waals surface area contributed by atoms with Gasteiger partial charge >= 0.3 is 6.18 Å². The molecular weight excluding hydrogens is 505 g/mol. The molecule has 1 aromatic heterocycles. The predicted octanol–water partition coefficient (Wildman–Crippen LogP) is 6.10. The number of fused-ring (bicyclic) bond motifs is 3. The van der Waals surface area contributed by atoms with Crippen molar-refractivity contribution in [3.05, 3.63) is 53.9 Å². The van der Waals surface area contributed by atoms with Crippen LogP contribution in [0.4, 0.5) is 33.3 Å². The second-order valence-electron chi connectivity index (χ2n) is 11.8. The fraction of sp³-hybridized carbons (Fsp3) is 0.571. The third-order valence-electron chi connectivity index (χ3n) is 9.20. The molecule has 1 aromatic carbocycles. The van der Waals surface area contributed by atoms with E-state index in [4.69, 9.17) is 5.73 Å². The van der Waals surface area contributed by atoms with Gasteiger partial charge in [0.1, 0.15) is 0 Å². The average molecular weight is 538 g/mol. The van der Waals surface area contributed by atoms with Crippen molar-refractivity contribution in [1.29, 1.82) is 0 Å². The molecule has 4 aliphatic rings. The quantitative estimate of drug-likeness (QED) is 0.345. The molecule has 1 amide bonds. The number of anilines is 2. The number of rotatable bonds is 6. The topological polar surface area (TPSA) is 79.5 Å². The number of aliphatic hydroxyl groups is 1. The first-order valence-corrected chi connectivity index (χ1v) is 13.0. The SMILES string of the molecule is CC(F)(F)c1ccc(C23CCC(CN(C(=O)C4CC(O)(C(F)(F)F)C4)c4cccc(N)c4)(CC2)CC3)nc1. The van der Waals surface area contributed by atoms with Crippen LogP contribution in [0.1, 0.15) is 69.5 Å². The molecule has 0 saturated heterocycles. The Labute approximate surface area is 218 Å². The minimum Gasteiger partial charge on any atom is -0.399 e. The van der Waals surface area contributed by atoms with E-state index in [9.17, 15) is 31.9 Å². The van der Waals surface area contributed by atoms with Gasteiger partial charge in [-0.05, 0) is 87.1 Å². The Hall–Kier alpha value is -2.75. The molecule has 1 heterocycles. The van der Waals surface area contributed by atoms with E-state index in [1.165, 1.54) is 12.3 Å². The molecule has 10 heteroatoms. The lowest BCUT2D eigenvalue weighted by Gasteiger charge is -2.55. The molecule has 0 unspecified atom stereocenters. The fourth-order valence-electron chi connectivity index (χ4n) is 6.56. The van der Waals surface area contributed by atoms with Crippen LogP contribution >= 0.6 is 0 Å². The summed E-state index contributed by atoms with van der Waals surface area (Å²) in [5.74, 6) is -4.31. The number of nitrogens with two attached hydrogens (primary N) is 1. The van der Waals surface area contributed by atoms with E-state index in [-0.39, 0.29) is 16.4 Å². The number of hydrogen-bond acceptors (Lipinski definition) is 4. The monoisotopic (exact) mass is 537 g/mol. The van der Waals surface area contributed by atoms with Crippen LogP contribution < -0.4 is 10.6 Å². The van der Waals surface area contributed by atoms with Crippen LogP contribution in [-0.4, -0.2) is 34.3 Å². The van der Waals surface area contributed by atoms with E-state index >= 15 is 0 Å². The minimum absolute atomic E-state index is 0.122. The molecular formula is C28H32F5N3O2. The second-order valence-corrected chi connectivity index (χ2v) is 11.8. The molecule has 3 N–H and O–H groups in total. The number of nitrogen functional groups attached to an aromatic ring is 1. The summed E-state index contributed by atoms with van der Waals surface area (Å²) in [4.78, 5) is 19.5. The highest BCUT2D eigenvalue weighted by Gasteiger charge is 2.63. The van der Waals surface area contributed by atoms with Crippen LogP contribution in [0.5, 0.6) is 0 Å². The van der Waals surface area contributed by atoms with Crippen molar-refractivity contribution in [3.63, 3.8) is 0 Å². The number of carbonyl (C=O) groups is 1. The minimum atomic E-state index is -4.78. The van der Waals surface area contributed by atoms with Crippen LogP contribution in [-0.2, 0) is 16.1 Å². The second kappa shape index (κ2) is 8.89. The van der Waals surface area contributed by atoms with E-state index < -0.39 is 42.4 Å². The number of pyridine rings is 1. The van der Waals surface area contributed by atoms with Crippen molar-refractivity contribution >= 4 is 17.3 Å². The van der Waals surface area contributed by atoms with Gasteiger partial charge in [0.2, 0.25) is 5.91 Å². The maximum Gasteiger partial charge on any atom is 0.417 e. The molecule has 0 spiro atoms. The van der Waals surface area contributed by atoms with Crippen LogP contribution in [0.2, 0.25) is 0 Å². The van der Waals surface area contributed by atoms with Gasteiger partial charge in [0, 0.05) is 53.6 Å². The van der Waals surface area contributed by atoms with E-state index in [0.717, 1.165) is 51.1 Å². The number of halogens is 5. The summed E-state index contributed by atoms with van der Waals surface area (Å²) in [6, 6.07) is 9.90. The summed E-state index contributed by atoms with van der Waals surface area (Å²) in [6.07, 6.45) is -0.113. The van der Waals surface area contributed by atoms with Gasteiger partial charge in [-0.1, -0.05) is 6.07 Å². The number of amides is 1. The van der Waals surface area contributed by atoms with Crippen molar-refractivity contribution in [2.24, 2.45) is 11.3 Å². The Bertz CT molecular complexity index is 1180. The van der Waals surface area contributed by atoms with Gasteiger partial charge in [0.05, 0.1) is 0 Å². The fourth-order valence-corrected chi connectivity index (χ4v) is 6.56. The molecule has 0 atom stereocenters. The number of hydrogen-bond donors (Lipinski definition) is 2. The highest BCUT2D eigenvalue weighted by molar-refractivity contribution is 5.96. The third kappa shape index (κ3) is 4.65. The highest BCUT2D eigenvalue weighted by atomic mass is 19.4. The number of benzene rings is 1. The number of nitrogens with zero attached hydrogens (tertiary/aromatic N) is 2. The summed E-state index contributed by atoms with van der Waals surface area (Å²) >= 11 is 0. The van der Waals surface area contributed by atoms with Crippen LogP contribution in [0.25, 0.3) is 0 Å². The van der Waals surface area contributed by atoms with Gasteiger partial charge < -0.3 is 15.7 Å². The third-order valence-corrected chi connectivity index (χ3v) is 9.20. The lowest BCUT2D eigenvalue weighted by Crippen LogP contribution is -2.60. The molecule has 0 radical (unpaired) electrons. The zero-order valence-electron chi connectivity index (χ0n) is 21.2. The molecule has 4 saturated carbocycles. The summed E-state index contributed by atoms with van der Waals surface area (Å²) in [5, 5.41) is 9.92. The van der Waals surface area contributed by atoms with Gasteiger partial charge in [-0.25, -0.2) is 8.78 Å². The van der Waals surface area contributed by atoms with Gasteiger partial charge in [0.25, 0.3) is 5.92 Å². The molecule has 2 aromatic rings. The van der Waals surface area contributed by atoms with Gasteiger partial charge in [-0.2, -0.15) is 13.2 Å². The molecule has 38 heavy (non-hydrogen) atoms. The molecule has 6 rings (SSSR count). The van der Waals surface area contributed by atoms with Gasteiger partial charge in [0.15, 0.2) is 5.60 Å². The standard InChI is InChI=1S/C28H32F5N3O2/c1-24(29,30)19-5-6-22(35-16-19)26-10-7-25(8-11-26,9-12-26)17-36(21-4-2-3-20(34)13-21)23(37)18-14-27(38,15-18)28(31,32)33/h2-6,13,16,18,38H,7-12,14-15,17,34H2,1H3. The first-order chi connectivity index (χ1) is 17.7. The average Bonchev–Trinajstić information content (AvgIpc) is 2.85. The molecule has 5 nitrogen and oxygen atoms in total. The van der Waals surface area contributed by atoms with E-state index in [1.54, 1.807) is 35.2 Å². The highest BCUT2D eigenvalue weighted by Crippen LogP contribution is 2.58. The molecule has 2 bridgehead atoms. The number of carbonyl (C=O) groups excluding carboxylic acids is 1. The van der Waals surface area contributed by atoms with Crippen molar-refractivity contribution in [3.8, 4) is 0 Å². The summed E-state index contributed by atoms with van der Waals surface area (Å²) in [5.41, 5.74) is 4.38. The van der Waals surface area contributed by atoms with E-state index in [0.29, 0.717) is 17.9 Å². The lowest BCUT2D eigenvalue weighted by atomic mass is 9.52. The summed E-state index contributed by atoms with van der Waals surface area (Å²) in [7, 11) is 0. The van der Waals surface area contributed by atoms with Gasteiger partial charge in [-0.3, -0.25) is 9.78 Å². The smallest absolute Gasteiger partial charge is 0.399 e. The zero-order valence-corrected chi connectivity index (χ0v) is 21.2. The number of alkyl halides is 5. The van der Waals surface area contributed by atoms with Crippen molar-refractivity contribution in [2.75, 3.05) is 17.2 Å². The first-order valence-electron chi connectivity index (χ1n) is 13.0. The Morgan fingerprint density at radius 1 is 1.05 bits per heavy atom. The lowest BCUT2D eigenvalue weighted by molar-refractivity contribution is -0.295. The molecule has 206 valence electrons. The maximum absolute atomic E-state index is 13.7. The zero-order chi connectivity index (χ0) is 27.6. The largest absolute Gasteiger partial charge is 0.417 e. The predicted molar refractivity (Wildman–Crippen MR) is 133 cm³/mol. The molecule has 4 fully saturated rings. The van der Waals surface area contributed by atoms with Crippen LogP contribution in [0, 0.1) is 11.3 Å². The molecule has 4 aliphatic carbocycles. The van der Waals surface area contributed by atoms with Crippen molar-refractivity contribution in [1.82, 2.24) is 4.98 Å². The Morgan fingerprint density at radius 3 is 2.18 bits per heavy atom. The maximum atomic E-state index is 13.7. The van der Waals surface area contributed by atoms with E-state index in [1.807, 2.05) is 0 Å². The van der Waals surface area contributed by atoms with E-state index in [2.05, 4.69) is 4.98 Å². The first kappa shape index (κ1) is 26.8. The number of aromatic nitrogens is 1. The normalized spacial score (nSPS) is 31.1. The molecule has 0 aliphatic heterocycles. The van der Waals surface area contributed by atoms with Crippen LogP contribution in [0.15, 0.2) is 42.6 Å². The van der Waals surface area contributed by atoms with Crippen molar-refractivity contribution < 1.29 is 31.9 Å². The summed E-state index contributed by atoms with van der Waals surface area (Å²) < 4.78 is 67.0. The Morgan fingerprint density at radius 2 is 1.68 bits per heavy atom. The summed E-state index contributed by atoms with van der Waals surface area (Å²) in [6.45, 7) is 1.19. The Balaban J connectivity index is 1.34. The Kier molecular flexibility index (Phi) is 6.28.